The number of aryl methyl sites for hydroxylation is 1. The second-order valence-electron chi connectivity index (χ2n) is 6.16. The molecule has 0 saturated heterocycles. The highest BCUT2D eigenvalue weighted by Crippen LogP contribution is 2.35. The van der Waals surface area contributed by atoms with Crippen molar-refractivity contribution >= 4 is 5.97 Å². The van der Waals surface area contributed by atoms with Crippen LogP contribution in [0.15, 0.2) is 36.7 Å². The highest BCUT2D eigenvalue weighted by Gasteiger charge is 2.38. The number of rotatable bonds is 6. The zero-order valence-electron chi connectivity index (χ0n) is 12.7. The molecular weight excluding hydrogens is 278 g/mol. The second-order valence-corrected chi connectivity index (χ2v) is 6.16. The van der Waals surface area contributed by atoms with E-state index in [1.165, 1.54) is 5.56 Å². The predicted molar refractivity (Wildman–Crippen MR) is 84.3 cm³/mol. The minimum atomic E-state index is -0.723. The Morgan fingerprint density at radius 3 is 2.55 bits per heavy atom. The molecule has 1 aliphatic carbocycles. The number of aliphatic carboxylic acids is 1. The van der Waals surface area contributed by atoms with Gasteiger partial charge in [0.1, 0.15) is 0 Å². The maximum absolute atomic E-state index is 11.0. The van der Waals surface area contributed by atoms with Gasteiger partial charge in [0.05, 0.1) is 12.6 Å². The van der Waals surface area contributed by atoms with Gasteiger partial charge < -0.3 is 10.4 Å². The van der Waals surface area contributed by atoms with E-state index in [9.17, 15) is 4.79 Å². The Morgan fingerprint density at radius 2 is 2.05 bits per heavy atom. The Hall–Kier alpha value is -2.14. The van der Waals surface area contributed by atoms with Gasteiger partial charge in [-0.25, -0.2) is 0 Å². The van der Waals surface area contributed by atoms with Crippen molar-refractivity contribution in [3.63, 3.8) is 0 Å². The van der Waals surface area contributed by atoms with Crippen LogP contribution in [0.25, 0.3) is 11.1 Å². The molecular formula is C17H21N3O2. The molecule has 1 fully saturated rings. The van der Waals surface area contributed by atoms with E-state index in [-0.39, 0.29) is 12.0 Å². The van der Waals surface area contributed by atoms with E-state index in [0.29, 0.717) is 6.54 Å². The summed E-state index contributed by atoms with van der Waals surface area (Å²) in [5.41, 5.74) is 3.21. The van der Waals surface area contributed by atoms with Gasteiger partial charge in [-0.1, -0.05) is 24.3 Å². The minimum Gasteiger partial charge on any atom is -0.481 e. The number of nitrogens with zero attached hydrogens (tertiary/aromatic N) is 2. The van der Waals surface area contributed by atoms with Gasteiger partial charge in [-0.05, 0) is 30.4 Å². The van der Waals surface area contributed by atoms with Crippen molar-refractivity contribution in [1.29, 1.82) is 0 Å². The van der Waals surface area contributed by atoms with E-state index >= 15 is 0 Å². The molecule has 3 rings (SSSR count). The maximum atomic E-state index is 11.0. The maximum Gasteiger partial charge on any atom is 0.305 e. The zero-order valence-corrected chi connectivity index (χ0v) is 12.7. The largest absolute Gasteiger partial charge is 0.481 e. The van der Waals surface area contributed by atoms with Crippen LogP contribution < -0.4 is 5.32 Å². The van der Waals surface area contributed by atoms with Crippen LogP contribution in [0.2, 0.25) is 0 Å². The fourth-order valence-electron chi connectivity index (χ4n) is 2.98. The summed E-state index contributed by atoms with van der Waals surface area (Å²) in [6, 6.07) is 8.34. The summed E-state index contributed by atoms with van der Waals surface area (Å²) in [5.74, 6) is -0.723. The van der Waals surface area contributed by atoms with Crippen LogP contribution in [0.1, 0.15) is 31.2 Å². The third kappa shape index (κ3) is 3.20. The van der Waals surface area contributed by atoms with Crippen molar-refractivity contribution < 1.29 is 9.90 Å². The normalized spacial score (nSPS) is 16.2. The number of carboxylic acids is 1. The molecule has 0 atom stereocenters. The molecule has 1 saturated carbocycles. The lowest BCUT2D eigenvalue weighted by molar-refractivity contribution is -0.139. The monoisotopic (exact) mass is 299 g/mol. The van der Waals surface area contributed by atoms with Crippen molar-refractivity contribution in [2.24, 2.45) is 7.05 Å². The van der Waals surface area contributed by atoms with Crippen molar-refractivity contribution in [3.05, 3.63) is 42.2 Å². The summed E-state index contributed by atoms with van der Waals surface area (Å²) >= 11 is 0. The van der Waals surface area contributed by atoms with Crippen LogP contribution in [0.4, 0.5) is 0 Å². The SMILES string of the molecule is Cn1cc(-c2ccc(CNC3(CC(=O)O)CCC3)cc2)cn1. The first-order chi connectivity index (χ1) is 10.6. The summed E-state index contributed by atoms with van der Waals surface area (Å²) in [6.45, 7) is 0.709. The lowest BCUT2D eigenvalue weighted by Gasteiger charge is -2.41. The highest BCUT2D eigenvalue weighted by molar-refractivity contribution is 5.68. The van der Waals surface area contributed by atoms with Crippen LogP contribution in [-0.2, 0) is 18.4 Å². The molecule has 0 aliphatic heterocycles. The Morgan fingerprint density at radius 1 is 1.32 bits per heavy atom. The van der Waals surface area contributed by atoms with Gasteiger partial charge in [0.2, 0.25) is 0 Å². The molecule has 1 aromatic carbocycles. The van der Waals surface area contributed by atoms with Crippen LogP contribution in [0, 0.1) is 0 Å². The molecule has 116 valence electrons. The van der Waals surface area contributed by atoms with E-state index in [2.05, 4.69) is 34.7 Å². The highest BCUT2D eigenvalue weighted by atomic mass is 16.4. The molecule has 5 heteroatoms. The van der Waals surface area contributed by atoms with E-state index < -0.39 is 5.97 Å². The number of carbonyl (C=O) groups is 1. The molecule has 2 aromatic rings. The summed E-state index contributed by atoms with van der Waals surface area (Å²) in [6.07, 6.45) is 7.06. The molecule has 1 aliphatic rings. The topological polar surface area (TPSA) is 67.2 Å². The molecule has 1 heterocycles. The minimum absolute atomic E-state index is 0.201. The number of nitrogens with one attached hydrogen (secondary N) is 1. The Labute approximate surface area is 130 Å². The Kier molecular flexibility index (Phi) is 3.98. The molecule has 1 aromatic heterocycles. The van der Waals surface area contributed by atoms with Crippen LogP contribution >= 0.6 is 0 Å². The van der Waals surface area contributed by atoms with Gasteiger partial charge in [0.25, 0.3) is 0 Å². The molecule has 0 amide bonds. The van der Waals surface area contributed by atoms with Gasteiger partial charge >= 0.3 is 5.97 Å². The zero-order chi connectivity index (χ0) is 15.6. The summed E-state index contributed by atoms with van der Waals surface area (Å²) in [5, 5.41) is 16.7. The molecule has 0 spiro atoms. The number of benzene rings is 1. The quantitative estimate of drug-likeness (QED) is 0.860. The Bertz CT molecular complexity index is 657. The smallest absolute Gasteiger partial charge is 0.305 e. The number of carboxylic acid groups (broad SMARTS) is 1. The third-order valence-electron chi connectivity index (χ3n) is 4.46. The summed E-state index contributed by atoms with van der Waals surface area (Å²) in [7, 11) is 1.91. The molecule has 0 radical (unpaired) electrons. The first kappa shape index (κ1) is 14.8. The van der Waals surface area contributed by atoms with Crippen molar-refractivity contribution in [1.82, 2.24) is 15.1 Å². The number of aromatic nitrogens is 2. The number of hydrogen-bond donors (Lipinski definition) is 2. The fourth-order valence-corrected chi connectivity index (χ4v) is 2.98. The van der Waals surface area contributed by atoms with Crippen LogP contribution in [-0.4, -0.2) is 26.4 Å². The third-order valence-corrected chi connectivity index (χ3v) is 4.46. The lowest BCUT2D eigenvalue weighted by atomic mass is 9.74. The second kappa shape index (κ2) is 5.93. The van der Waals surface area contributed by atoms with Crippen LogP contribution in [0.3, 0.4) is 0 Å². The summed E-state index contributed by atoms with van der Waals surface area (Å²) in [4.78, 5) is 11.0. The average Bonchev–Trinajstić information content (AvgIpc) is 2.88. The van der Waals surface area contributed by atoms with Gasteiger partial charge in [0.15, 0.2) is 0 Å². The number of hydrogen-bond acceptors (Lipinski definition) is 3. The molecule has 5 nitrogen and oxygen atoms in total. The van der Waals surface area contributed by atoms with E-state index in [4.69, 9.17) is 5.11 Å². The molecule has 0 bridgehead atoms. The van der Waals surface area contributed by atoms with E-state index in [1.807, 2.05) is 19.4 Å². The molecule has 2 N–H and O–H groups in total. The predicted octanol–water partition coefficient (Wildman–Crippen LogP) is 2.57. The van der Waals surface area contributed by atoms with Gasteiger partial charge in [-0.15, -0.1) is 0 Å². The molecule has 0 unspecified atom stereocenters. The van der Waals surface area contributed by atoms with Gasteiger partial charge in [-0.2, -0.15) is 5.10 Å². The van der Waals surface area contributed by atoms with Crippen molar-refractivity contribution in [2.75, 3.05) is 0 Å². The lowest BCUT2D eigenvalue weighted by Crippen LogP contribution is -2.51. The van der Waals surface area contributed by atoms with E-state index in [0.717, 1.165) is 30.4 Å². The average molecular weight is 299 g/mol. The fraction of sp³-hybridized carbons (Fsp3) is 0.412. The van der Waals surface area contributed by atoms with Crippen molar-refractivity contribution in [3.8, 4) is 11.1 Å². The van der Waals surface area contributed by atoms with Crippen molar-refractivity contribution in [2.45, 2.75) is 37.8 Å². The van der Waals surface area contributed by atoms with Gasteiger partial charge in [-0.3, -0.25) is 9.48 Å². The summed E-state index contributed by atoms with van der Waals surface area (Å²) < 4.78 is 1.79. The van der Waals surface area contributed by atoms with Gasteiger partial charge in [0, 0.05) is 30.9 Å². The molecule has 22 heavy (non-hydrogen) atoms. The first-order valence-corrected chi connectivity index (χ1v) is 7.61. The first-order valence-electron chi connectivity index (χ1n) is 7.61. The standard InChI is InChI=1S/C17H21N3O2/c1-20-12-15(11-19-20)14-5-3-13(4-6-14)10-18-17(7-2-8-17)9-16(21)22/h3-6,11-12,18H,2,7-10H2,1H3,(H,21,22). The van der Waals surface area contributed by atoms with Crippen LogP contribution in [0.5, 0.6) is 0 Å². The Balaban J connectivity index is 1.63. The van der Waals surface area contributed by atoms with E-state index in [1.54, 1.807) is 4.68 Å².